The van der Waals surface area contributed by atoms with Crippen LogP contribution in [-0.4, -0.2) is 33.7 Å². The van der Waals surface area contributed by atoms with Crippen LogP contribution < -0.4 is 10.6 Å². The van der Waals surface area contributed by atoms with Gasteiger partial charge >= 0.3 is 0 Å². The highest BCUT2D eigenvalue weighted by atomic mass is 16.3. The number of fused-ring (bicyclic) bond motifs is 1. The number of aromatic nitrogens is 1. The number of primary amides is 1. The van der Waals surface area contributed by atoms with Gasteiger partial charge in [-0.25, -0.2) is 0 Å². The van der Waals surface area contributed by atoms with Crippen LogP contribution in [0.15, 0.2) is 12.3 Å². The molecule has 1 aromatic rings. The second-order valence-electron chi connectivity index (χ2n) is 9.54. The van der Waals surface area contributed by atoms with Crippen molar-refractivity contribution in [1.29, 1.82) is 0 Å². The molecular weight excluding hydrogens is 338 g/mol. The number of rotatable bonds is 4. The number of aliphatic hydroxyl groups is 1. The number of carbonyl (C=O) groups excluding carboxylic acids is 1. The molecule has 0 saturated heterocycles. The fraction of sp³-hybridized carbons (Fsp3) is 0.636. The lowest BCUT2D eigenvalue weighted by atomic mass is 9.52. The zero-order valence-electron chi connectivity index (χ0n) is 16.2. The number of pyridine rings is 1. The number of anilines is 1. The van der Waals surface area contributed by atoms with Crippen LogP contribution in [-0.2, 0) is 6.42 Å². The Morgan fingerprint density at radius 1 is 1.30 bits per heavy atom. The maximum atomic E-state index is 12.3. The van der Waals surface area contributed by atoms with Gasteiger partial charge in [-0.3, -0.25) is 9.78 Å². The predicted octanol–water partition coefficient (Wildman–Crippen LogP) is 2.90. The summed E-state index contributed by atoms with van der Waals surface area (Å²) in [5, 5.41) is 11.0. The number of hydrogen-bond donors (Lipinski definition) is 2. The van der Waals surface area contributed by atoms with Crippen LogP contribution >= 0.6 is 0 Å². The minimum Gasteiger partial charge on any atom is -0.390 e. The molecule has 1 aromatic heterocycles. The Kier molecular flexibility index (Phi) is 3.71. The predicted molar refractivity (Wildman–Crippen MR) is 105 cm³/mol. The van der Waals surface area contributed by atoms with Gasteiger partial charge < -0.3 is 15.7 Å². The van der Waals surface area contributed by atoms with Crippen molar-refractivity contribution < 1.29 is 9.90 Å². The van der Waals surface area contributed by atoms with Crippen molar-refractivity contribution in [2.24, 2.45) is 23.5 Å². The summed E-state index contributed by atoms with van der Waals surface area (Å²) in [6.45, 7) is 4.41. The Morgan fingerprint density at radius 3 is 2.59 bits per heavy atom. The molecule has 144 valence electrons. The summed E-state index contributed by atoms with van der Waals surface area (Å²) < 4.78 is 0. The highest BCUT2D eigenvalue weighted by Gasteiger charge is 2.56. The van der Waals surface area contributed by atoms with Crippen LogP contribution in [0.2, 0.25) is 0 Å². The van der Waals surface area contributed by atoms with Crippen molar-refractivity contribution in [3.8, 4) is 0 Å². The molecule has 0 spiro atoms. The molecule has 5 nitrogen and oxygen atoms in total. The Hall–Kier alpha value is -1.88. The van der Waals surface area contributed by atoms with E-state index in [4.69, 9.17) is 5.73 Å². The van der Waals surface area contributed by atoms with Gasteiger partial charge in [0.2, 0.25) is 0 Å². The smallest absolute Gasteiger partial charge is 0.252 e. The van der Waals surface area contributed by atoms with E-state index >= 15 is 0 Å². The maximum Gasteiger partial charge on any atom is 0.252 e. The van der Waals surface area contributed by atoms with Gasteiger partial charge in [-0.1, -0.05) is 12.2 Å². The third-order valence-corrected chi connectivity index (χ3v) is 7.36. The normalized spacial score (nSPS) is 35.7. The molecule has 4 saturated carbocycles. The van der Waals surface area contributed by atoms with E-state index in [1.165, 1.54) is 12.8 Å². The van der Waals surface area contributed by atoms with Crippen LogP contribution in [0.3, 0.4) is 0 Å². The second kappa shape index (κ2) is 5.81. The Bertz CT molecular complexity index is 815. The van der Waals surface area contributed by atoms with Gasteiger partial charge in [0.1, 0.15) is 0 Å². The molecule has 4 bridgehead atoms. The van der Waals surface area contributed by atoms with Gasteiger partial charge in [-0.05, 0) is 63.7 Å². The summed E-state index contributed by atoms with van der Waals surface area (Å²) in [4.78, 5) is 19.2. The maximum absolute atomic E-state index is 12.3. The molecule has 5 aliphatic carbocycles. The number of nitrogens with two attached hydrogens (primary N) is 1. The molecule has 1 amide bonds. The standard InChI is InChI=1S/C22H29N3O2/c1-12(2)25(19-14-6-13-7-15(19)10-22(27,8-13)9-14)20-16-4-3-5-18(16)24-11-17(20)21(23)26/h3-4,11-15,19,27H,5-10H2,1-2H3,(H2,23,26). The molecule has 0 aromatic carbocycles. The summed E-state index contributed by atoms with van der Waals surface area (Å²) >= 11 is 0. The molecule has 4 fully saturated rings. The van der Waals surface area contributed by atoms with Gasteiger partial charge in [-0.15, -0.1) is 0 Å². The molecule has 2 unspecified atom stereocenters. The summed E-state index contributed by atoms with van der Waals surface area (Å²) in [7, 11) is 0. The van der Waals surface area contributed by atoms with Gasteiger partial charge in [0.15, 0.2) is 0 Å². The van der Waals surface area contributed by atoms with Gasteiger partial charge in [0, 0.05) is 30.3 Å². The molecule has 3 N–H and O–H groups in total. The van der Waals surface area contributed by atoms with Crippen LogP contribution in [0.1, 0.15) is 67.6 Å². The monoisotopic (exact) mass is 367 g/mol. The Labute approximate surface area is 160 Å². The van der Waals surface area contributed by atoms with E-state index in [-0.39, 0.29) is 6.04 Å². The van der Waals surface area contributed by atoms with Crippen molar-refractivity contribution in [1.82, 2.24) is 4.98 Å². The van der Waals surface area contributed by atoms with Crippen LogP contribution in [0.5, 0.6) is 0 Å². The first kappa shape index (κ1) is 17.2. The zero-order chi connectivity index (χ0) is 18.9. The summed E-state index contributed by atoms with van der Waals surface area (Å²) in [5.41, 5.74) is 8.91. The number of hydrogen-bond acceptors (Lipinski definition) is 4. The Morgan fingerprint density at radius 2 is 2.00 bits per heavy atom. The van der Waals surface area contributed by atoms with Crippen molar-refractivity contribution >= 4 is 17.7 Å². The lowest BCUT2D eigenvalue weighted by Crippen LogP contribution is -2.63. The number of amides is 1. The number of nitrogens with zero attached hydrogens (tertiary/aromatic N) is 2. The van der Waals surface area contributed by atoms with Gasteiger partial charge in [0.25, 0.3) is 5.91 Å². The zero-order valence-corrected chi connectivity index (χ0v) is 16.2. The fourth-order valence-corrected chi connectivity index (χ4v) is 6.80. The van der Waals surface area contributed by atoms with E-state index in [0.717, 1.165) is 42.6 Å². The highest BCUT2D eigenvalue weighted by molar-refractivity contribution is 6.01. The molecular formula is C22H29N3O2. The highest BCUT2D eigenvalue weighted by Crippen LogP contribution is 2.58. The van der Waals surface area contributed by atoms with E-state index in [9.17, 15) is 9.90 Å². The molecule has 5 aliphatic rings. The molecule has 1 heterocycles. The van der Waals surface area contributed by atoms with Crippen molar-refractivity contribution in [2.75, 3.05) is 4.90 Å². The molecule has 5 heteroatoms. The summed E-state index contributed by atoms with van der Waals surface area (Å²) in [6, 6.07) is 0.612. The molecule has 0 aliphatic heterocycles. The van der Waals surface area contributed by atoms with E-state index in [0.29, 0.717) is 29.4 Å². The summed E-state index contributed by atoms with van der Waals surface area (Å²) in [5.74, 6) is 1.22. The van der Waals surface area contributed by atoms with Crippen LogP contribution in [0.25, 0.3) is 6.08 Å². The number of carbonyl (C=O) groups is 1. The fourth-order valence-electron chi connectivity index (χ4n) is 6.80. The molecule has 2 atom stereocenters. The minimum atomic E-state index is -0.456. The van der Waals surface area contributed by atoms with Crippen molar-refractivity contribution in [2.45, 2.75) is 70.1 Å². The average Bonchev–Trinajstić information content (AvgIpc) is 3.04. The first-order valence-corrected chi connectivity index (χ1v) is 10.4. The molecule has 0 radical (unpaired) electrons. The van der Waals surface area contributed by atoms with Crippen LogP contribution in [0, 0.1) is 17.8 Å². The second-order valence-corrected chi connectivity index (χ2v) is 9.54. The lowest BCUT2D eigenvalue weighted by Gasteiger charge is -2.61. The van der Waals surface area contributed by atoms with E-state index < -0.39 is 11.5 Å². The van der Waals surface area contributed by atoms with Crippen LogP contribution in [0.4, 0.5) is 5.69 Å². The third kappa shape index (κ3) is 2.54. The van der Waals surface area contributed by atoms with Gasteiger partial charge in [-0.2, -0.15) is 0 Å². The van der Waals surface area contributed by atoms with Crippen molar-refractivity contribution in [3.05, 3.63) is 29.1 Å². The van der Waals surface area contributed by atoms with E-state index in [2.05, 4.69) is 35.9 Å². The Balaban J connectivity index is 1.64. The minimum absolute atomic E-state index is 0.251. The number of allylic oxidation sites excluding steroid dienone is 1. The topological polar surface area (TPSA) is 79.5 Å². The first-order chi connectivity index (χ1) is 12.9. The molecule has 6 rings (SSSR count). The van der Waals surface area contributed by atoms with E-state index in [1.807, 2.05) is 0 Å². The lowest BCUT2D eigenvalue weighted by molar-refractivity contribution is -0.134. The summed E-state index contributed by atoms with van der Waals surface area (Å²) in [6.07, 6.45) is 11.9. The third-order valence-electron chi connectivity index (χ3n) is 7.36. The SMILES string of the molecule is CC(C)N(c1c(C(N)=O)cnc2c1C=CC2)C1C2CC3CC1CC(O)(C3)C2. The average molecular weight is 367 g/mol. The van der Waals surface area contributed by atoms with E-state index in [1.54, 1.807) is 6.20 Å². The first-order valence-electron chi connectivity index (χ1n) is 10.4. The van der Waals surface area contributed by atoms with Gasteiger partial charge in [0.05, 0.1) is 22.5 Å². The van der Waals surface area contributed by atoms with Crippen molar-refractivity contribution in [3.63, 3.8) is 0 Å². The molecule has 27 heavy (non-hydrogen) atoms. The largest absolute Gasteiger partial charge is 0.390 e. The quantitative estimate of drug-likeness (QED) is 0.858.